The lowest BCUT2D eigenvalue weighted by molar-refractivity contribution is -0.118. The van der Waals surface area contributed by atoms with E-state index in [4.69, 9.17) is 9.47 Å². The van der Waals surface area contributed by atoms with E-state index in [-0.39, 0.29) is 12.5 Å². The van der Waals surface area contributed by atoms with Crippen molar-refractivity contribution < 1.29 is 14.3 Å². The maximum absolute atomic E-state index is 12.3. The number of rotatable bonds is 8. The van der Waals surface area contributed by atoms with Gasteiger partial charge in [0.2, 0.25) is 0 Å². The van der Waals surface area contributed by atoms with Crippen molar-refractivity contribution in [2.75, 3.05) is 18.5 Å². The second-order valence-electron chi connectivity index (χ2n) is 7.70. The third-order valence-corrected chi connectivity index (χ3v) is 6.03. The lowest BCUT2D eigenvalue weighted by atomic mass is 10.00. The van der Waals surface area contributed by atoms with Crippen LogP contribution in [0.2, 0.25) is 0 Å². The van der Waals surface area contributed by atoms with Gasteiger partial charge in [-0.15, -0.1) is 0 Å². The van der Waals surface area contributed by atoms with Crippen molar-refractivity contribution in [3.63, 3.8) is 0 Å². The molecule has 0 fully saturated rings. The van der Waals surface area contributed by atoms with Crippen LogP contribution in [0.15, 0.2) is 84.9 Å². The molecule has 0 unspecified atom stereocenters. The van der Waals surface area contributed by atoms with Crippen molar-refractivity contribution in [1.29, 1.82) is 5.26 Å². The van der Waals surface area contributed by atoms with E-state index in [2.05, 4.69) is 34.0 Å². The van der Waals surface area contributed by atoms with Gasteiger partial charge in [0.1, 0.15) is 0 Å². The molecule has 6 heteroatoms. The number of carbonyl (C=O) groups excluding carboxylic acids is 1. The second kappa shape index (κ2) is 11.5. The zero-order valence-electron chi connectivity index (χ0n) is 19.1. The number of halogens is 1. The van der Waals surface area contributed by atoms with Crippen molar-refractivity contribution in [1.82, 2.24) is 0 Å². The molecular weight excluding hydrogens is 551 g/mol. The average molecular weight is 574 g/mol. The summed E-state index contributed by atoms with van der Waals surface area (Å²) < 4.78 is 12.4. The molecule has 0 aliphatic carbocycles. The number of para-hydroxylation sites is 1. The van der Waals surface area contributed by atoms with Crippen LogP contribution in [0.1, 0.15) is 18.1 Å². The Morgan fingerprint density at radius 1 is 0.971 bits per heavy atom. The van der Waals surface area contributed by atoms with Crippen LogP contribution in [0.3, 0.4) is 0 Å². The summed E-state index contributed by atoms with van der Waals surface area (Å²) in [6.45, 7) is 2.17. The van der Waals surface area contributed by atoms with Gasteiger partial charge < -0.3 is 14.8 Å². The van der Waals surface area contributed by atoms with Gasteiger partial charge in [-0.2, -0.15) is 5.26 Å². The zero-order valence-corrected chi connectivity index (χ0v) is 21.3. The van der Waals surface area contributed by atoms with Gasteiger partial charge in [0.15, 0.2) is 18.1 Å². The molecule has 0 heterocycles. The number of allylic oxidation sites excluding steroid dienone is 1. The van der Waals surface area contributed by atoms with Crippen LogP contribution in [-0.2, 0) is 4.79 Å². The first kappa shape index (κ1) is 24.3. The molecule has 174 valence electrons. The van der Waals surface area contributed by atoms with Gasteiger partial charge in [-0.05, 0) is 87.8 Å². The van der Waals surface area contributed by atoms with Crippen molar-refractivity contribution in [3.05, 3.63) is 99.6 Å². The number of nitrogens with zero attached hydrogens (tertiary/aromatic N) is 1. The van der Waals surface area contributed by atoms with E-state index in [0.717, 1.165) is 25.5 Å². The SMILES string of the molecule is CCOc1cc(/C=C(/C#N)c2ccc3ccccc3c2)cc(I)c1OCC(=O)Nc1ccccc1. The van der Waals surface area contributed by atoms with Gasteiger partial charge in [-0.25, -0.2) is 0 Å². The minimum absolute atomic E-state index is 0.152. The highest BCUT2D eigenvalue weighted by atomic mass is 127. The number of fused-ring (bicyclic) bond motifs is 1. The fourth-order valence-corrected chi connectivity index (χ4v) is 4.42. The van der Waals surface area contributed by atoms with Crippen molar-refractivity contribution in [2.45, 2.75) is 6.92 Å². The minimum atomic E-state index is -0.263. The van der Waals surface area contributed by atoms with Gasteiger partial charge >= 0.3 is 0 Å². The standard InChI is InChI=1S/C29H23IN2O3/c1-2-34-27-16-20(14-24(18-31)23-13-12-21-8-6-7-9-22(21)17-23)15-26(30)29(27)35-19-28(33)32-25-10-4-3-5-11-25/h3-17H,2,19H2,1H3,(H,32,33)/b24-14-. The Morgan fingerprint density at radius 3 is 2.46 bits per heavy atom. The normalized spacial score (nSPS) is 11.1. The molecule has 1 N–H and O–H groups in total. The first-order valence-electron chi connectivity index (χ1n) is 11.1. The first-order chi connectivity index (χ1) is 17.1. The van der Waals surface area contributed by atoms with Crippen LogP contribution in [0.4, 0.5) is 5.69 Å². The third kappa shape index (κ3) is 6.19. The van der Waals surface area contributed by atoms with Crippen molar-refractivity contribution >= 4 is 56.6 Å². The first-order valence-corrected chi connectivity index (χ1v) is 12.2. The molecule has 0 saturated heterocycles. The maximum Gasteiger partial charge on any atom is 0.262 e. The number of anilines is 1. The Hall–Kier alpha value is -3.83. The Kier molecular flexibility index (Phi) is 8.01. The van der Waals surface area contributed by atoms with Crippen LogP contribution < -0.4 is 14.8 Å². The average Bonchev–Trinajstić information content (AvgIpc) is 2.87. The van der Waals surface area contributed by atoms with E-state index >= 15 is 0 Å². The fourth-order valence-electron chi connectivity index (χ4n) is 3.63. The Morgan fingerprint density at radius 2 is 1.71 bits per heavy atom. The Bertz CT molecular complexity index is 1430. The largest absolute Gasteiger partial charge is 0.490 e. The smallest absolute Gasteiger partial charge is 0.262 e. The summed E-state index contributed by atoms with van der Waals surface area (Å²) in [4.78, 5) is 12.3. The van der Waals surface area contributed by atoms with Crippen molar-refractivity contribution in [3.8, 4) is 17.6 Å². The topological polar surface area (TPSA) is 71.3 Å². The molecule has 4 aromatic rings. The fraction of sp³-hybridized carbons (Fsp3) is 0.103. The Labute approximate surface area is 218 Å². The molecular formula is C29H23IN2O3. The zero-order chi connectivity index (χ0) is 24.6. The molecule has 0 atom stereocenters. The second-order valence-corrected chi connectivity index (χ2v) is 8.86. The lowest BCUT2D eigenvalue weighted by Gasteiger charge is -2.15. The molecule has 0 aliphatic heterocycles. The summed E-state index contributed by atoms with van der Waals surface area (Å²) in [6.07, 6.45) is 1.83. The molecule has 4 aromatic carbocycles. The molecule has 0 bridgehead atoms. The van der Waals surface area contributed by atoms with Gasteiger partial charge in [0.25, 0.3) is 5.91 Å². The molecule has 35 heavy (non-hydrogen) atoms. The molecule has 1 amide bonds. The third-order valence-electron chi connectivity index (χ3n) is 5.23. The predicted octanol–water partition coefficient (Wildman–Crippen LogP) is 6.92. The quantitative estimate of drug-likeness (QED) is 0.141. The number of hydrogen-bond donors (Lipinski definition) is 1. The van der Waals surface area contributed by atoms with Crippen LogP contribution in [0.5, 0.6) is 11.5 Å². The summed E-state index contributed by atoms with van der Waals surface area (Å²) in [5.74, 6) is 0.757. The molecule has 0 aromatic heterocycles. The number of carbonyl (C=O) groups is 1. The minimum Gasteiger partial charge on any atom is -0.490 e. The highest BCUT2D eigenvalue weighted by Gasteiger charge is 2.14. The van der Waals surface area contributed by atoms with Crippen LogP contribution in [0, 0.1) is 14.9 Å². The van der Waals surface area contributed by atoms with E-state index in [1.54, 1.807) is 0 Å². The summed E-state index contributed by atoms with van der Waals surface area (Å²) in [5.41, 5.74) is 2.91. The summed E-state index contributed by atoms with van der Waals surface area (Å²) >= 11 is 2.16. The summed E-state index contributed by atoms with van der Waals surface area (Å²) in [7, 11) is 0. The molecule has 0 saturated carbocycles. The number of nitriles is 1. The van der Waals surface area contributed by atoms with E-state index in [1.807, 2.05) is 97.9 Å². The molecule has 5 nitrogen and oxygen atoms in total. The van der Waals surface area contributed by atoms with Gasteiger partial charge in [-0.1, -0.05) is 54.6 Å². The van der Waals surface area contributed by atoms with Crippen LogP contribution in [0.25, 0.3) is 22.4 Å². The molecule has 0 aliphatic rings. The number of amides is 1. The monoisotopic (exact) mass is 574 g/mol. The highest BCUT2D eigenvalue weighted by molar-refractivity contribution is 14.1. The van der Waals surface area contributed by atoms with Crippen LogP contribution >= 0.6 is 22.6 Å². The molecule has 0 radical (unpaired) electrons. The van der Waals surface area contributed by atoms with Gasteiger partial charge in [-0.3, -0.25) is 4.79 Å². The lowest BCUT2D eigenvalue weighted by Crippen LogP contribution is -2.20. The van der Waals surface area contributed by atoms with E-state index in [0.29, 0.717) is 29.4 Å². The molecule has 4 rings (SSSR count). The van der Waals surface area contributed by atoms with E-state index < -0.39 is 0 Å². The van der Waals surface area contributed by atoms with Gasteiger partial charge in [0.05, 0.1) is 21.8 Å². The number of ether oxygens (including phenoxy) is 2. The Balaban J connectivity index is 1.58. The summed E-state index contributed by atoms with van der Waals surface area (Å²) in [6, 6.07) is 29.3. The number of nitrogens with one attached hydrogen (secondary N) is 1. The molecule has 0 spiro atoms. The maximum atomic E-state index is 12.3. The van der Waals surface area contributed by atoms with E-state index in [1.165, 1.54) is 0 Å². The number of benzene rings is 4. The summed E-state index contributed by atoms with van der Waals surface area (Å²) in [5, 5.41) is 14.9. The van der Waals surface area contributed by atoms with Gasteiger partial charge in [0, 0.05) is 5.69 Å². The van der Waals surface area contributed by atoms with Crippen LogP contribution in [-0.4, -0.2) is 19.1 Å². The van der Waals surface area contributed by atoms with Crippen molar-refractivity contribution in [2.24, 2.45) is 0 Å². The number of hydrogen-bond acceptors (Lipinski definition) is 4. The predicted molar refractivity (Wildman–Crippen MR) is 148 cm³/mol. The highest BCUT2D eigenvalue weighted by Crippen LogP contribution is 2.35. The van der Waals surface area contributed by atoms with E-state index in [9.17, 15) is 10.1 Å².